The minimum atomic E-state index is -4.82. The van der Waals surface area contributed by atoms with E-state index in [9.17, 15) is 32.4 Å². The first-order chi connectivity index (χ1) is 18.3. The van der Waals surface area contributed by atoms with E-state index in [2.05, 4.69) is 0 Å². The average molecular weight is 573 g/mol. The standard InChI is InChI=1S/C25H24F4NO8P/c1-14-3-7-16(8-4-14)37-39(34,38-17-9-5-15(2)6-10-17)35-13-25(24(28)29)22(27)21(33)23(36-25)30-12-18(26)19(31)11-20(30)32/h3-10,12,21-24,33H,11,13H2,1-2H3/t21-,22-,23-,25-/m1/s1. The lowest BCUT2D eigenvalue weighted by atomic mass is 9.98. The van der Waals surface area contributed by atoms with Gasteiger partial charge in [-0.15, -0.1) is 0 Å². The van der Waals surface area contributed by atoms with E-state index in [1.54, 1.807) is 38.1 Å². The van der Waals surface area contributed by atoms with Gasteiger partial charge in [-0.3, -0.25) is 19.0 Å². The van der Waals surface area contributed by atoms with Crippen molar-refractivity contribution in [2.45, 2.75) is 50.8 Å². The van der Waals surface area contributed by atoms with Crippen molar-refractivity contribution in [1.29, 1.82) is 0 Å². The fraction of sp³-hybridized carbons (Fsp3) is 0.360. The summed E-state index contributed by atoms with van der Waals surface area (Å²) in [6.07, 6.45) is -11.8. The number of phosphoric acid groups is 1. The molecule has 2 aromatic rings. The van der Waals surface area contributed by atoms with E-state index >= 15 is 4.39 Å². The summed E-state index contributed by atoms with van der Waals surface area (Å²) in [5.74, 6) is -3.73. The third kappa shape index (κ3) is 6.01. The van der Waals surface area contributed by atoms with Gasteiger partial charge in [0.05, 0.1) is 13.0 Å². The van der Waals surface area contributed by atoms with E-state index in [1.807, 2.05) is 0 Å². The first-order valence-electron chi connectivity index (χ1n) is 11.6. The van der Waals surface area contributed by atoms with E-state index in [-0.39, 0.29) is 11.5 Å². The highest BCUT2D eigenvalue weighted by atomic mass is 31.2. The van der Waals surface area contributed by atoms with Crippen LogP contribution in [0.4, 0.5) is 17.6 Å². The average Bonchev–Trinajstić information content (AvgIpc) is 3.14. The summed E-state index contributed by atoms with van der Waals surface area (Å²) in [7, 11) is -4.82. The van der Waals surface area contributed by atoms with Crippen LogP contribution in [-0.4, -0.2) is 58.8 Å². The Bertz CT molecular complexity index is 1250. The minimum Gasteiger partial charge on any atom is -0.395 e. The van der Waals surface area contributed by atoms with Gasteiger partial charge in [-0.25, -0.2) is 22.1 Å². The number of hydrogen-bond donors (Lipinski definition) is 1. The van der Waals surface area contributed by atoms with Gasteiger partial charge in [0, 0.05) is 6.20 Å². The predicted molar refractivity (Wildman–Crippen MR) is 127 cm³/mol. The Hall–Kier alpha value is -3.25. The fourth-order valence-electron chi connectivity index (χ4n) is 3.87. The number of aliphatic hydroxyl groups excluding tert-OH is 1. The molecule has 1 N–H and O–H groups in total. The van der Waals surface area contributed by atoms with Crippen molar-refractivity contribution in [2.75, 3.05) is 6.61 Å². The molecule has 0 unspecified atom stereocenters. The molecule has 0 bridgehead atoms. The molecule has 0 aliphatic carbocycles. The van der Waals surface area contributed by atoms with Crippen LogP contribution in [0.5, 0.6) is 11.5 Å². The molecule has 0 radical (unpaired) electrons. The van der Waals surface area contributed by atoms with Gasteiger partial charge in [0.1, 0.15) is 17.6 Å². The van der Waals surface area contributed by atoms with Crippen molar-refractivity contribution in [2.24, 2.45) is 0 Å². The van der Waals surface area contributed by atoms with E-state index < -0.39 is 68.9 Å². The Morgan fingerprint density at radius 2 is 1.56 bits per heavy atom. The second kappa shape index (κ2) is 11.1. The lowest BCUT2D eigenvalue weighted by molar-refractivity contribution is -0.194. The fourth-order valence-corrected chi connectivity index (χ4v) is 5.13. The number of carbonyl (C=O) groups is 2. The predicted octanol–water partition coefficient (Wildman–Crippen LogP) is 4.56. The summed E-state index contributed by atoms with van der Waals surface area (Å²) in [4.78, 5) is 24.0. The molecule has 2 aromatic carbocycles. The van der Waals surface area contributed by atoms with Crippen molar-refractivity contribution >= 4 is 19.5 Å². The summed E-state index contributed by atoms with van der Waals surface area (Å²) < 4.78 is 92.5. The zero-order valence-corrected chi connectivity index (χ0v) is 21.5. The largest absolute Gasteiger partial charge is 0.587 e. The van der Waals surface area contributed by atoms with Gasteiger partial charge >= 0.3 is 7.82 Å². The van der Waals surface area contributed by atoms with Crippen LogP contribution in [0.25, 0.3) is 0 Å². The Labute approximate surface area is 220 Å². The van der Waals surface area contributed by atoms with Gasteiger partial charge in [-0.1, -0.05) is 35.4 Å². The van der Waals surface area contributed by atoms with Crippen molar-refractivity contribution < 1.29 is 55.1 Å². The van der Waals surface area contributed by atoms with Crippen molar-refractivity contribution in [3.63, 3.8) is 0 Å². The Morgan fingerprint density at radius 1 is 1.05 bits per heavy atom. The van der Waals surface area contributed by atoms with Gasteiger partial charge in [0.2, 0.25) is 11.7 Å². The molecular weight excluding hydrogens is 549 g/mol. The smallest absolute Gasteiger partial charge is 0.395 e. The Morgan fingerprint density at radius 3 is 2.05 bits per heavy atom. The summed E-state index contributed by atoms with van der Waals surface area (Å²) in [5, 5.41) is 10.4. The molecule has 39 heavy (non-hydrogen) atoms. The molecule has 2 heterocycles. The number of ketones is 1. The van der Waals surface area contributed by atoms with Crippen LogP contribution in [0.2, 0.25) is 0 Å². The molecule has 4 rings (SSSR count). The van der Waals surface area contributed by atoms with Crippen molar-refractivity contribution in [1.82, 2.24) is 4.90 Å². The molecule has 1 amide bonds. The van der Waals surface area contributed by atoms with E-state index in [4.69, 9.17) is 18.3 Å². The number of nitrogens with zero attached hydrogens (tertiary/aromatic N) is 1. The number of phosphoric ester groups is 1. The monoisotopic (exact) mass is 573 g/mol. The van der Waals surface area contributed by atoms with Gasteiger partial charge in [0.15, 0.2) is 23.8 Å². The normalized spacial score (nSPS) is 25.7. The summed E-state index contributed by atoms with van der Waals surface area (Å²) in [5.41, 5.74) is -1.62. The quantitative estimate of drug-likeness (QED) is 0.264. The molecule has 1 fully saturated rings. The Balaban J connectivity index is 1.62. The van der Waals surface area contributed by atoms with Gasteiger partial charge < -0.3 is 18.9 Å². The zero-order valence-electron chi connectivity index (χ0n) is 20.6. The van der Waals surface area contributed by atoms with Gasteiger partial charge in [-0.05, 0) is 38.1 Å². The number of alkyl halides is 3. The molecule has 210 valence electrons. The van der Waals surface area contributed by atoms with Crippen LogP contribution in [0.15, 0.2) is 60.6 Å². The van der Waals surface area contributed by atoms with Crippen molar-refractivity contribution in [3.8, 4) is 11.5 Å². The SMILES string of the molecule is Cc1ccc(OP(=O)(OC[C@@]2(C(F)F)O[C@@H](N3C=C(F)C(=O)CC3=O)[C@H](O)[C@H]2F)Oc2ccc(C)cc2)cc1. The Kier molecular flexibility index (Phi) is 8.17. The molecule has 1 saturated heterocycles. The number of halogens is 4. The number of aliphatic hydroxyl groups is 1. The summed E-state index contributed by atoms with van der Waals surface area (Å²) in [6.45, 7) is 2.08. The summed E-state index contributed by atoms with van der Waals surface area (Å²) in [6, 6.07) is 12.1. The van der Waals surface area contributed by atoms with Crippen LogP contribution in [0.3, 0.4) is 0 Å². The third-order valence-corrected chi connectivity index (χ3v) is 7.40. The molecule has 0 saturated carbocycles. The lowest BCUT2D eigenvalue weighted by Gasteiger charge is -2.32. The number of amides is 1. The van der Waals surface area contributed by atoms with Gasteiger partial charge in [0.25, 0.3) is 6.43 Å². The molecule has 0 aromatic heterocycles. The second-order valence-electron chi connectivity index (χ2n) is 9.06. The number of hydrogen-bond acceptors (Lipinski definition) is 8. The maximum Gasteiger partial charge on any atom is 0.587 e. The maximum absolute atomic E-state index is 15.3. The molecule has 0 spiro atoms. The van der Waals surface area contributed by atoms with Crippen LogP contribution >= 0.6 is 7.82 Å². The highest BCUT2D eigenvalue weighted by Gasteiger charge is 2.64. The van der Waals surface area contributed by atoms with Crippen LogP contribution in [-0.2, 0) is 23.4 Å². The second-order valence-corrected chi connectivity index (χ2v) is 10.6. The highest BCUT2D eigenvalue weighted by molar-refractivity contribution is 7.49. The molecule has 14 heteroatoms. The minimum absolute atomic E-state index is 0.0200. The van der Waals surface area contributed by atoms with E-state index in [0.717, 1.165) is 11.1 Å². The number of allylic oxidation sites excluding steroid dienone is 1. The number of ether oxygens (including phenoxy) is 1. The zero-order chi connectivity index (χ0) is 28.5. The molecule has 2 aliphatic heterocycles. The molecule has 2 aliphatic rings. The topological polar surface area (TPSA) is 112 Å². The first kappa shape index (κ1) is 28.8. The lowest BCUT2D eigenvalue weighted by Crippen LogP contribution is -2.50. The van der Waals surface area contributed by atoms with E-state index in [0.29, 0.717) is 11.1 Å². The van der Waals surface area contributed by atoms with Crippen LogP contribution in [0.1, 0.15) is 17.5 Å². The molecule has 9 nitrogen and oxygen atoms in total. The number of benzene rings is 2. The number of aryl methyl sites for hydroxylation is 2. The van der Waals surface area contributed by atoms with E-state index in [1.165, 1.54) is 24.3 Å². The molecule has 4 atom stereocenters. The number of Topliss-reactive ketones (excluding diaryl/α,β-unsaturated/α-hetero) is 1. The maximum atomic E-state index is 15.3. The highest BCUT2D eigenvalue weighted by Crippen LogP contribution is 2.52. The molecular formula is C25H24F4NO8P. The summed E-state index contributed by atoms with van der Waals surface area (Å²) >= 11 is 0. The number of carbonyl (C=O) groups excluding carboxylic acids is 2. The van der Waals surface area contributed by atoms with Crippen molar-refractivity contribution in [3.05, 3.63) is 71.7 Å². The van der Waals surface area contributed by atoms with Crippen LogP contribution in [0, 0.1) is 13.8 Å². The third-order valence-electron chi connectivity index (χ3n) is 6.09. The van der Waals surface area contributed by atoms with Crippen LogP contribution < -0.4 is 9.05 Å². The first-order valence-corrected chi connectivity index (χ1v) is 13.1. The number of rotatable bonds is 9. The van der Waals surface area contributed by atoms with Gasteiger partial charge in [-0.2, -0.15) is 0 Å².